The molecule has 168 valence electrons. The number of anilines is 1. The van der Waals surface area contributed by atoms with E-state index in [1.807, 2.05) is 39.0 Å². The van der Waals surface area contributed by atoms with Gasteiger partial charge < -0.3 is 9.50 Å². The Labute approximate surface area is 198 Å². The molecule has 0 spiro atoms. The van der Waals surface area contributed by atoms with Crippen LogP contribution in [0.4, 0.5) is 5.69 Å². The van der Waals surface area contributed by atoms with Gasteiger partial charge in [0.05, 0.1) is 0 Å². The van der Waals surface area contributed by atoms with Gasteiger partial charge in [-0.05, 0) is 74.4 Å². The van der Waals surface area contributed by atoms with Gasteiger partial charge in [0, 0.05) is 16.3 Å². The highest BCUT2D eigenvalue weighted by molar-refractivity contribution is 7.87. The normalized spacial score (nSPS) is 11.5. The van der Waals surface area contributed by atoms with Gasteiger partial charge in [-0.2, -0.15) is 13.7 Å². The van der Waals surface area contributed by atoms with Crippen molar-refractivity contribution in [1.82, 2.24) is 0 Å². The molecule has 1 amide bonds. The molecule has 0 aliphatic carbocycles. The van der Waals surface area contributed by atoms with Gasteiger partial charge >= 0.3 is 10.1 Å². The van der Waals surface area contributed by atoms with E-state index in [4.69, 9.17) is 15.8 Å². The molecule has 0 aliphatic heterocycles. The first-order valence-electron chi connectivity index (χ1n) is 9.90. The topological polar surface area (TPSA) is 96.3 Å². The molecule has 33 heavy (non-hydrogen) atoms. The largest absolute Gasteiger partial charge is 0.378 e. The third-order valence-electron chi connectivity index (χ3n) is 4.79. The van der Waals surface area contributed by atoms with E-state index < -0.39 is 16.0 Å². The third-order valence-corrected chi connectivity index (χ3v) is 6.27. The number of carbonyl (C=O) groups excluding carboxylic acids is 1. The van der Waals surface area contributed by atoms with Crippen molar-refractivity contribution in [2.24, 2.45) is 0 Å². The maximum atomic E-state index is 12.8. The average molecular weight is 481 g/mol. The summed E-state index contributed by atoms with van der Waals surface area (Å²) in [6.07, 6.45) is 1.24. The summed E-state index contributed by atoms with van der Waals surface area (Å²) in [7, 11) is -4.14. The molecule has 3 aromatic carbocycles. The second kappa shape index (κ2) is 9.90. The first kappa shape index (κ1) is 24.1. The van der Waals surface area contributed by atoms with Crippen molar-refractivity contribution in [2.75, 3.05) is 5.32 Å². The summed E-state index contributed by atoms with van der Waals surface area (Å²) in [5.74, 6) is -0.703. The van der Waals surface area contributed by atoms with E-state index in [0.29, 0.717) is 5.69 Å². The van der Waals surface area contributed by atoms with E-state index in [0.717, 1.165) is 16.7 Å². The minimum atomic E-state index is -4.14. The fraction of sp³-hybridized carbons (Fsp3) is 0.120. The number of carbonyl (C=O) groups is 1. The number of nitrogens with zero attached hydrogens (tertiary/aromatic N) is 1. The number of nitrogens with one attached hydrogen (secondary N) is 1. The fourth-order valence-electron chi connectivity index (χ4n) is 2.94. The summed E-state index contributed by atoms with van der Waals surface area (Å²) >= 11 is 6.08. The van der Waals surface area contributed by atoms with Gasteiger partial charge in [0.15, 0.2) is 0 Å². The molecular formula is C25H21ClN2O4S. The molecule has 0 radical (unpaired) electrons. The zero-order chi connectivity index (χ0) is 24.2. The second-order valence-corrected chi connectivity index (χ2v) is 9.46. The monoisotopic (exact) mass is 480 g/mol. The highest BCUT2D eigenvalue weighted by Crippen LogP contribution is 2.29. The zero-order valence-electron chi connectivity index (χ0n) is 18.2. The van der Waals surface area contributed by atoms with Gasteiger partial charge in [-0.25, -0.2) is 0 Å². The van der Waals surface area contributed by atoms with Crippen LogP contribution in [-0.4, -0.2) is 14.3 Å². The van der Waals surface area contributed by atoms with Gasteiger partial charge in [0.1, 0.15) is 22.3 Å². The quantitative estimate of drug-likeness (QED) is 0.282. The molecule has 6 nitrogen and oxygen atoms in total. The molecule has 1 N–H and O–H groups in total. The Morgan fingerprint density at radius 2 is 1.67 bits per heavy atom. The van der Waals surface area contributed by atoms with E-state index >= 15 is 0 Å². The van der Waals surface area contributed by atoms with Crippen LogP contribution in [0.2, 0.25) is 5.02 Å². The molecule has 0 heterocycles. The van der Waals surface area contributed by atoms with Crippen molar-refractivity contribution < 1.29 is 17.4 Å². The summed E-state index contributed by atoms with van der Waals surface area (Å²) < 4.78 is 30.8. The van der Waals surface area contributed by atoms with E-state index in [9.17, 15) is 18.5 Å². The predicted octanol–water partition coefficient (Wildman–Crippen LogP) is 5.58. The van der Waals surface area contributed by atoms with Crippen LogP contribution in [0.1, 0.15) is 22.3 Å². The maximum absolute atomic E-state index is 12.8. The molecular weight excluding hydrogens is 460 g/mol. The van der Waals surface area contributed by atoms with Crippen LogP contribution in [0.15, 0.2) is 71.1 Å². The van der Waals surface area contributed by atoms with Crippen LogP contribution >= 0.6 is 11.6 Å². The maximum Gasteiger partial charge on any atom is 0.339 e. The van der Waals surface area contributed by atoms with E-state index in [1.165, 1.54) is 36.4 Å². The Morgan fingerprint density at radius 1 is 1.00 bits per heavy atom. The molecule has 0 atom stereocenters. The van der Waals surface area contributed by atoms with E-state index in [2.05, 4.69) is 5.32 Å². The summed E-state index contributed by atoms with van der Waals surface area (Å²) in [4.78, 5) is 12.7. The summed E-state index contributed by atoms with van der Waals surface area (Å²) in [6, 6.07) is 17.9. The molecule has 0 aliphatic rings. The first-order valence-corrected chi connectivity index (χ1v) is 11.7. The molecule has 0 saturated heterocycles. The summed E-state index contributed by atoms with van der Waals surface area (Å²) in [5.41, 5.74) is 3.19. The van der Waals surface area contributed by atoms with Crippen molar-refractivity contribution in [2.45, 2.75) is 25.7 Å². The minimum Gasteiger partial charge on any atom is -0.378 e. The molecule has 3 aromatic rings. The Bertz CT molecular complexity index is 1390. The van der Waals surface area contributed by atoms with Crippen LogP contribution in [0.3, 0.4) is 0 Å². The van der Waals surface area contributed by atoms with Crippen LogP contribution in [0.5, 0.6) is 5.75 Å². The van der Waals surface area contributed by atoms with Crippen molar-refractivity contribution in [1.29, 1.82) is 5.26 Å². The Morgan fingerprint density at radius 3 is 2.33 bits per heavy atom. The fourth-order valence-corrected chi connectivity index (χ4v) is 4.08. The minimum absolute atomic E-state index is 0.0221. The van der Waals surface area contributed by atoms with Gasteiger partial charge in [0.2, 0.25) is 0 Å². The highest BCUT2D eigenvalue weighted by Gasteiger charge is 2.19. The highest BCUT2D eigenvalue weighted by atomic mass is 35.5. The standard InChI is InChI=1S/C25H21ClN2O4S/c1-16-5-9-22(10-6-16)33(30,31)32-24-11-8-21(26)14-19(24)13-20(15-27)25(29)28-23-12-17(2)4-7-18(23)3/h4-14H,1-3H3,(H,28,29)/b20-13+. The smallest absolute Gasteiger partial charge is 0.339 e. The number of aryl methyl sites for hydroxylation is 3. The van der Waals surface area contributed by atoms with Gasteiger partial charge in [-0.3, -0.25) is 4.79 Å². The number of halogens is 1. The number of nitriles is 1. The van der Waals surface area contributed by atoms with E-state index in [-0.39, 0.29) is 26.8 Å². The van der Waals surface area contributed by atoms with Crippen molar-refractivity contribution >= 4 is 39.4 Å². The van der Waals surface area contributed by atoms with Crippen LogP contribution in [0.25, 0.3) is 6.08 Å². The number of rotatable bonds is 6. The SMILES string of the molecule is Cc1ccc(S(=O)(=O)Oc2ccc(Cl)cc2/C=C(\C#N)C(=O)Nc2cc(C)ccc2C)cc1. The average Bonchev–Trinajstić information content (AvgIpc) is 2.76. The Kier molecular flexibility index (Phi) is 7.22. The lowest BCUT2D eigenvalue weighted by molar-refractivity contribution is -0.112. The summed E-state index contributed by atoms with van der Waals surface area (Å²) in [6.45, 7) is 5.57. The number of benzene rings is 3. The number of hydrogen-bond acceptors (Lipinski definition) is 5. The lowest BCUT2D eigenvalue weighted by Gasteiger charge is -2.11. The number of amides is 1. The molecule has 0 aromatic heterocycles. The lowest BCUT2D eigenvalue weighted by atomic mass is 10.1. The van der Waals surface area contributed by atoms with Gasteiger partial charge in [-0.15, -0.1) is 0 Å². The second-order valence-electron chi connectivity index (χ2n) is 7.47. The first-order chi connectivity index (χ1) is 15.6. The molecule has 0 unspecified atom stereocenters. The molecule has 8 heteroatoms. The van der Waals surface area contributed by atoms with Crippen molar-refractivity contribution in [3.63, 3.8) is 0 Å². The van der Waals surface area contributed by atoms with Crippen LogP contribution in [-0.2, 0) is 14.9 Å². The van der Waals surface area contributed by atoms with Gasteiger partial charge in [-0.1, -0.05) is 41.4 Å². The molecule has 0 saturated carbocycles. The van der Waals surface area contributed by atoms with Crippen LogP contribution in [0, 0.1) is 32.1 Å². The molecule has 3 rings (SSSR count). The lowest BCUT2D eigenvalue weighted by Crippen LogP contribution is -2.14. The van der Waals surface area contributed by atoms with Gasteiger partial charge in [0.25, 0.3) is 5.91 Å². The van der Waals surface area contributed by atoms with Crippen molar-refractivity contribution in [3.8, 4) is 11.8 Å². The van der Waals surface area contributed by atoms with Crippen LogP contribution < -0.4 is 9.50 Å². The zero-order valence-corrected chi connectivity index (χ0v) is 19.8. The molecule has 0 bridgehead atoms. The van der Waals surface area contributed by atoms with E-state index in [1.54, 1.807) is 18.2 Å². The third kappa shape index (κ3) is 6.01. The molecule has 0 fully saturated rings. The summed E-state index contributed by atoms with van der Waals surface area (Å²) in [5, 5.41) is 12.6. The van der Waals surface area contributed by atoms with Crippen molar-refractivity contribution in [3.05, 3.63) is 93.5 Å². The Hall–Kier alpha value is -3.60. The Balaban J connectivity index is 1.95. The predicted molar refractivity (Wildman–Crippen MR) is 129 cm³/mol. The number of hydrogen-bond donors (Lipinski definition) is 1.